The highest BCUT2D eigenvalue weighted by atomic mass is 16.6. The summed E-state index contributed by atoms with van der Waals surface area (Å²) in [5, 5.41) is 10.9. The molecule has 1 fully saturated rings. The fourth-order valence-electron chi connectivity index (χ4n) is 7.06. The summed E-state index contributed by atoms with van der Waals surface area (Å²) in [6, 6.07) is 8.24. The van der Waals surface area contributed by atoms with Crippen LogP contribution < -0.4 is 18.9 Å². The summed E-state index contributed by atoms with van der Waals surface area (Å²) in [5.74, 6) is 7.97. The van der Waals surface area contributed by atoms with Gasteiger partial charge in [-0.3, -0.25) is 0 Å². The van der Waals surface area contributed by atoms with E-state index in [9.17, 15) is 5.11 Å². The van der Waals surface area contributed by atoms with Gasteiger partial charge in [0.15, 0.2) is 11.5 Å². The summed E-state index contributed by atoms with van der Waals surface area (Å²) in [4.78, 5) is 0. The Hall–Kier alpha value is -3.96. The van der Waals surface area contributed by atoms with E-state index in [1.54, 1.807) is 7.11 Å². The summed E-state index contributed by atoms with van der Waals surface area (Å²) in [5.41, 5.74) is 4.42. The van der Waals surface area contributed by atoms with Crippen LogP contribution in [0.5, 0.6) is 23.0 Å². The zero-order valence-corrected chi connectivity index (χ0v) is 32.5. The summed E-state index contributed by atoms with van der Waals surface area (Å²) < 4.78 is 47.3. The molecule has 4 rings (SSSR count). The number of hydrogen-bond acceptors (Lipinski definition) is 9. The Morgan fingerprint density at radius 3 is 1.89 bits per heavy atom. The van der Waals surface area contributed by atoms with E-state index in [4.69, 9.17) is 50.7 Å². The molecule has 9 nitrogen and oxygen atoms in total. The van der Waals surface area contributed by atoms with Gasteiger partial charge in [0, 0.05) is 11.5 Å². The van der Waals surface area contributed by atoms with Crippen molar-refractivity contribution in [3.63, 3.8) is 0 Å². The molecule has 1 aliphatic heterocycles. The molecule has 0 radical (unpaired) electrons. The molecule has 0 unspecified atom stereocenters. The lowest BCUT2D eigenvalue weighted by Crippen LogP contribution is -2.58. The number of allylic oxidation sites excluding steroid dienone is 2. The first-order valence-corrected chi connectivity index (χ1v) is 18.5. The molecule has 0 bridgehead atoms. The smallest absolute Gasteiger partial charge is 0.165 e. The Bertz CT molecular complexity index is 1570. The van der Waals surface area contributed by atoms with Crippen LogP contribution in [0.2, 0.25) is 0 Å². The van der Waals surface area contributed by atoms with E-state index in [1.165, 1.54) is 5.57 Å². The summed E-state index contributed by atoms with van der Waals surface area (Å²) in [6.45, 7) is 14.3. The average molecular weight is 731 g/mol. The van der Waals surface area contributed by atoms with Crippen LogP contribution >= 0.6 is 0 Å². The average Bonchev–Trinajstić information content (AvgIpc) is 3.13. The van der Waals surface area contributed by atoms with Crippen molar-refractivity contribution in [2.24, 2.45) is 11.3 Å². The van der Waals surface area contributed by atoms with Crippen LogP contribution in [0.4, 0.5) is 0 Å². The standard InChI is InChI=1S/C44H58O9/c1-9-17-47-19-21-49-23-25-51-37-28-34(29-38(36(37)14-11-32(3)4)52-26-24-50-22-20-48-18-10-2)13-12-33-27-35-31-40-43(5,6)41(45)15-16-44(40,7)53-42(35)39(30-33)46-8/h1-2,11-13,27-30,40-41,45H,14-26,31H2,3-8H3/b13-12+/t40-,41-,44-/m1/s1. The molecule has 1 saturated carbocycles. The van der Waals surface area contributed by atoms with Crippen LogP contribution in [0.15, 0.2) is 35.9 Å². The number of hydrogen-bond donors (Lipinski definition) is 1. The molecule has 0 saturated heterocycles. The van der Waals surface area contributed by atoms with Gasteiger partial charge in [0.1, 0.15) is 43.5 Å². The Balaban J connectivity index is 1.60. The number of terminal acetylenes is 2. The summed E-state index contributed by atoms with van der Waals surface area (Å²) >= 11 is 0. The molecule has 2 aromatic rings. The van der Waals surface area contributed by atoms with E-state index in [0.29, 0.717) is 82.9 Å². The first kappa shape index (κ1) is 41.8. The van der Waals surface area contributed by atoms with E-state index in [-0.39, 0.29) is 36.3 Å². The first-order chi connectivity index (χ1) is 25.5. The minimum atomic E-state index is -0.373. The Morgan fingerprint density at radius 1 is 0.811 bits per heavy atom. The molecule has 2 aromatic carbocycles. The van der Waals surface area contributed by atoms with Crippen molar-refractivity contribution in [2.75, 3.05) is 73.2 Å². The lowest BCUT2D eigenvalue weighted by Gasteiger charge is -2.55. The second-order valence-corrected chi connectivity index (χ2v) is 14.5. The maximum atomic E-state index is 10.9. The van der Waals surface area contributed by atoms with Gasteiger partial charge in [0.25, 0.3) is 0 Å². The van der Waals surface area contributed by atoms with Gasteiger partial charge in [-0.2, -0.15) is 0 Å². The van der Waals surface area contributed by atoms with Gasteiger partial charge in [-0.15, -0.1) is 12.8 Å². The van der Waals surface area contributed by atoms with Gasteiger partial charge in [0.05, 0.1) is 52.9 Å². The van der Waals surface area contributed by atoms with Gasteiger partial charge in [0.2, 0.25) is 0 Å². The summed E-state index contributed by atoms with van der Waals surface area (Å²) in [7, 11) is 1.68. The summed E-state index contributed by atoms with van der Waals surface area (Å²) in [6.07, 6.45) is 19.3. The molecule has 0 amide bonds. The predicted molar refractivity (Wildman–Crippen MR) is 209 cm³/mol. The number of rotatable bonds is 21. The van der Waals surface area contributed by atoms with Crippen LogP contribution in [-0.4, -0.2) is 90.0 Å². The van der Waals surface area contributed by atoms with Crippen LogP contribution in [0.3, 0.4) is 0 Å². The molecule has 53 heavy (non-hydrogen) atoms. The van der Waals surface area contributed by atoms with Crippen molar-refractivity contribution in [3.8, 4) is 47.7 Å². The highest BCUT2D eigenvalue weighted by Crippen LogP contribution is 2.55. The molecule has 288 valence electrons. The fourth-order valence-corrected chi connectivity index (χ4v) is 7.06. The molecule has 1 N–H and O–H groups in total. The fraction of sp³-hybridized carbons (Fsp3) is 0.545. The number of ether oxygens (including phenoxy) is 8. The van der Waals surface area contributed by atoms with Crippen LogP contribution in [0.25, 0.3) is 12.2 Å². The van der Waals surface area contributed by atoms with E-state index in [1.807, 2.05) is 24.3 Å². The second kappa shape index (κ2) is 20.5. The minimum Gasteiger partial charge on any atom is -0.493 e. The third kappa shape index (κ3) is 11.8. The first-order valence-electron chi connectivity index (χ1n) is 18.5. The van der Waals surface area contributed by atoms with Crippen molar-refractivity contribution in [3.05, 3.63) is 58.2 Å². The van der Waals surface area contributed by atoms with Gasteiger partial charge in [-0.25, -0.2) is 0 Å². The number of fused-ring (bicyclic) bond motifs is 2. The zero-order valence-electron chi connectivity index (χ0n) is 32.5. The van der Waals surface area contributed by atoms with Gasteiger partial charge in [-0.1, -0.05) is 49.5 Å². The molecule has 1 heterocycles. The monoisotopic (exact) mass is 730 g/mol. The second-order valence-electron chi connectivity index (χ2n) is 14.5. The number of benzene rings is 2. The van der Waals surface area contributed by atoms with Crippen molar-refractivity contribution >= 4 is 12.2 Å². The third-order valence-electron chi connectivity index (χ3n) is 10.00. The van der Waals surface area contributed by atoms with E-state index < -0.39 is 0 Å². The predicted octanol–water partition coefficient (Wildman–Crippen LogP) is 6.96. The lowest BCUT2D eigenvalue weighted by molar-refractivity contribution is -0.138. The quantitative estimate of drug-likeness (QED) is 0.0634. The SMILES string of the molecule is C#CCOCCOCCOc1cc(/C=C/c2cc3c(c(OC)c2)O[C@]2(C)CC[C@@H](O)C(C)(C)[C@H]2C3)cc(OCCOCCOCC#C)c1CC=C(C)C. The van der Waals surface area contributed by atoms with E-state index in [2.05, 4.69) is 64.7 Å². The van der Waals surface area contributed by atoms with E-state index in [0.717, 1.165) is 40.8 Å². The zero-order chi connectivity index (χ0) is 38.3. The van der Waals surface area contributed by atoms with Crippen molar-refractivity contribution < 1.29 is 43.0 Å². The molecule has 1 aliphatic carbocycles. The highest BCUT2D eigenvalue weighted by Gasteiger charge is 2.54. The van der Waals surface area contributed by atoms with Gasteiger partial charge in [-0.05, 0) is 92.8 Å². The van der Waals surface area contributed by atoms with Crippen LogP contribution in [0.1, 0.15) is 69.7 Å². The highest BCUT2D eigenvalue weighted by molar-refractivity contribution is 5.74. The van der Waals surface area contributed by atoms with Crippen LogP contribution in [-0.2, 0) is 31.8 Å². The largest absolute Gasteiger partial charge is 0.493 e. The molecule has 0 spiro atoms. The molecule has 9 heteroatoms. The molecular weight excluding hydrogens is 672 g/mol. The maximum Gasteiger partial charge on any atom is 0.165 e. The normalized spacial score (nSPS) is 20.0. The number of aliphatic hydroxyl groups is 1. The molecule has 0 aromatic heterocycles. The number of aliphatic hydroxyl groups excluding tert-OH is 1. The minimum absolute atomic E-state index is 0.155. The van der Waals surface area contributed by atoms with Crippen molar-refractivity contribution in [1.29, 1.82) is 0 Å². The van der Waals surface area contributed by atoms with Crippen molar-refractivity contribution in [2.45, 2.75) is 72.0 Å². The van der Waals surface area contributed by atoms with Gasteiger partial charge < -0.3 is 43.0 Å². The molecule has 3 atom stereocenters. The van der Waals surface area contributed by atoms with E-state index >= 15 is 0 Å². The Kier molecular flexibility index (Phi) is 16.2. The van der Waals surface area contributed by atoms with Gasteiger partial charge >= 0.3 is 0 Å². The topological polar surface area (TPSA) is 94.1 Å². The number of methoxy groups -OCH3 is 1. The Labute approximate surface area is 316 Å². The Morgan fingerprint density at radius 2 is 1.34 bits per heavy atom. The van der Waals surface area contributed by atoms with Crippen LogP contribution in [0, 0.1) is 36.0 Å². The lowest BCUT2D eigenvalue weighted by atomic mass is 9.57. The third-order valence-corrected chi connectivity index (χ3v) is 10.00. The maximum absolute atomic E-state index is 10.9. The van der Waals surface area contributed by atoms with Crippen molar-refractivity contribution in [1.82, 2.24) is 0 Å². The molecular formula is C44H58O9. The molecule has 2 aliphatic rings.